The number of amides is 2. The van der Waals surface area contributed by atoms with Gasteiger partial charge in [0.25, 0.3) is 5.91 Å². The molecule has 0 bridgehead atoms. The number of carbonyl (C=O) groups is 3. The van der Waals surface area contributed by atoms with Gasteiger partial charge in [-0.05, 0) is 23.8 Å². The van der Waals surface area contributed by atoms with Crippen molar-refractivity contribution in [3.05, 3.63) is 65.0 Å². The summed E-state index contributed by atoms with van der Waals surface area (Å²) in [4.78, 5) is 40.2. The molecule has 1 aromatic heterocycles. The predicted octanol–water partition coefficient (Wildman–Crippen LogP) is 3.49. The van der Waals surface area contributed by atoms with E-state index in [1.807, 2.05) is 29.6 Å². The van der Waals surface area contributed by atoms with Gasteiger partial charge in [0.1, 0.15) is 0 Å². The van der Waals surface area contributed by atoms with Gasteiger partial charge in [-0.15, -0.1) is 11.3 Å². The molecule has 0 saturated carbocycles. The van der Waals surface area contributed by atoms with Crippen LogP contribution < -0.4 is 10.6 Å². The normalized spacial score (nSPS) is 15.2. The first-order chi connectivity index (χ1) is 14.0. The van der Waals surface area contributed by atoms with Gasteiger partial charge in [0.15, 0.2) is 11.2 Å². The number of thiazole rings is 1. The second-order valence-corrected chi connectivity index (χ2v) is 7.40. The van der Waals surface area contributed by atoms with Crippen molar-refractivity contribution >= 4 is 39.9 Å². The second kappa shape index (κ2) is 7.84. The molecule has 1 aliphatic heterocycles. The van der Waals surface area contributed by atoms with E-state index < -0.39 is 18.0 Å². The zero-order valence-corrected chi connectivity index (χ0v) is 16.3. The Labute approximate surface area is 170 Å². The van der Waals surface area contributed by atoms with Crippen molar-refractivity contribution in [1.82, 2.24) is 4.98 Å². The summed E-state index contributed by atoms with van der Waals surface area (Å²) in [6.45, 7) is 1.45. The Morgan fingerprint density at radius 2 is 1.86 bits per heavy atom. The van der Waals surface area contributed by atoms with Crippen molar-refractivity contribution in [2.45, 2.75) is 19.4 Å². The van der Waals surface area contributed by atoms with Gasteiger partial charge in [0, 0.05) is 30.0 Å². The lowest BCUT2D eigenvalue weighted by molar-refractivity contribution is -0.125. The number of nitrogens with one attached hydrogen (secondary N) is 2. The number of hydrogen-bond donors (Lipinski definition) is 2. The Balaban J connectivity index is 1.43. The van der Waals surface area contributed by atoms with Gasteiger partial charge in [-0.25, -0.2) is 9.78 Å². The summed E-state index contributed by atoms with van der Waals surface area (Å²) in [5, 5.41) is 7.68. The number of fused-ring (bicyclic) bond motifs is 1. The fourth-order valence-electron chi connectivity index (χ4n) is 3.05. The monoisotopic (exact) mass is 407 g/mol. The standard InChI is InChI=1S/C21H17N3O4S/c1-12(25)22-15-8-6-13(7-9-15)17-11-29-21(23-17)24-19(26)18-10-14-4-2-3-5-16(14)20(27)28-18/h2-9,11,18H,10H2,1H3,(H,22,25)(H,23,24,26)/t18-/m0/s1. The summed E-state index contributed by atoms with van der Waals surface area (Å²) < 4.78 is 5.27. The minimum atomic E-state index is -0.887. The zero-order valence-electron chi connectivity index (χ0n) is 15.5. The molecule has 146 valence electrons. The molecular weight excluding hydrogens is 390 g/mol. The lowest BCUT2D eigenvalue weighted by atomic mass is 9.98. The van der Waals surface area contributed by atoms with E-state index >= 15 is 0 Å². The number of benzene rings is 2. The third-order valence-corrected chi connectivity index (χ3v) is 5.18. The predicted molar refractivity (Wildman–Crippen MR) is 110 cm³/mol. The minimum Gasteiger partial charge on any atom is -0.448 e. The molecule has 2 amide bonds. The topological polar surface area (TPSA) is 97.4 Å². The van der Waals surface area contributed by atoms with E-state index in [1.165, 1.54) is 18.3 Å². The lowest BCUT2D eigenvalue weighted by Crippen LogP contribution is -2.37. The summed E-state index contributed by atoms with van der Waals surface area (Å²) in [6, 6.07) is 14.4. The van der Waals surface area contributed by atoms with E-state index in [9.17, 15) is 14.4 Å². The number of cyclic esters (lactones) is 1. The van der Waals surface area contributed by atoms with E-state index in [2.05, 4.69) is 15.6 Å². The maximum atomic E-state index is 12.6. The summed E-state index contributed by atoms with van der Waals surface area (Å²) in [5.41, 5.74) is 3.54. The van der Waals surface area contributed by atoms with Gasteiger partial charge in [0.05, 0.1) is 11.3 Å². The van der Waals surface area contributed by atoms with Gasteiger partial charge in [-0.2, -0.15) is 0 Å². The van der Waals surface area contributed by atoms with Crippen LogP contribution in [0.3, 0.4) is 0 Å². The summed E-state index contributed by atoms with van der Waals surface area (Å²) in [6.07, 6.45) is -0.557. The van der Waals surface area contributed by atoms with Gasteiger partial charge in [0.2, 0.25) is 5.91 Å². The van der Waals surface area contributed by atoms with Gasteiger partial charge in [-0.1, -0.05) is 30.3 Å². The Hall–Kier alpha value is -3.52. The number of aromatic nitrogens is 1. The summed E-state index contributed by atoms with van der Waals surface area (Å²) >= 11 is 1.28. The van der Waals surface area contributed by atoms with Crippen LogP contribution >= 0.6 is 11.3 Å². The number of ether oxygens (including phenoxy) is 1. The Kier molecular flexibility index (Phi) is 5.09. The molecule has 0 saturated heterocycles. The SMILES string of the molecule is CC(=O)Nc1ccc(-c2csc(NC(=O)[C@@H]3Cc4ccccc4C(=O)O3)n2)cc1. The number of anilines is 2. The first kappa shape index (κ1) is 18.8. The van der Waals surface area contributed by atoms with Crippen LogP contribution in [0, 0.1) is 0 Å². The average Bonchev–Trinajstić information content (AvgIpc) is 3.16. The van der Waals surface area contributed by atoms with Gasteiger partial charge in [-0.3, -0.25) is 14.9 Å². The first-order valence-electron chi connectivity index (χ1n) is 8.93. The Morgan fingerprint density at radius 3 is 2.62 bits per heavy atom. The van der Waals surface area contributed by atoms with Crippen LogP contribution in [-0.2, 0) is 20.7 Å². The highest BCUT2D eigenvalue weighted by atomic mass is 32.1. The number of rotatable bonds is 4. The van der Waals surface area contributed by atoms with E-state index in [0.717, 1.165) is 11.1 Å². The largest absolute Gasteiger partial charge is 0.448 e. The van der Waals surface area contributed by atoms with Gasteiger partial charge >= 0.3 is 5.97 Å². The highest BCUT2D eigenvalue weighted by Gasteiger charge is 2.31. The number of hydrogen-bond acceptors (Lipinski definition) is 6. The molecule has 1 atom stereocenters. The second-order valence-electron chi connectivity index (χ2n) is 6.54. The minimum absolute atomic E-state index is 0.137. The van der Waals surface area contributed by atoms with Crippen LogP contribution in [0.2, 0.25) is 0 Å². The van der Waals surface area contributed by atoms with Crippen LogP contribution in [0.4, 0.5) is 10.8 Å². The number of esters is 1. The van der Waals surface area contributed by atoms with Crippen LogP contribution in [0.15, 0.2) is 53.9 Å². The highest BCUT2D eigenvalue weighted by molar-refractivity contribution is 7.14. The smallest absolute Gasteiger partial charge is 0.339 e. The molecule has 0 radical (unpaired) electrons. The molecule has 0 unspecified atom stereocenters. The highest BCUT2D eigenvalue weighted by Crippen LogP contribution is 2.27. The first-order valence-corrected chi connectivity index (χ1v) is 9.81. The quantitative estimate of drug-likeness (QED) is 0.645. The van der Waals surface area contributed by atoms with Crippen LogP contribution in [0.1, 0.15) is 22.8 Å². The fourth-order valence-corrected chi connectivity index (χ4v) is 3.78. The zero-order chi connectivity index (χ0) is 20.4. The molecule has 0 fully saturated rings. The number of carbonyl (C=O) groups excluding carboxylic acids is 3. The fraction of sp³-hybridized carbons (Fsp3) is 0.143. The molecule has 7 nitrogen and oxygen atoms in total. The van der Waals surface area contributed by atoms with Crippen molar-refractivity contribution in [3.63, 3.8) is 0 Å². The molecule has 3 aromatic rings. The van der Waals surface area contributed by atoms with Crippen molar-refractivity contribution in [2.75, 3.05) is 10.6 Å². The maximum Gasteiger partial charge on any atom is 0.339 e. The molecule has 2 N–H and O–H groups in total. The van der Waals surface area contributed by atoms with E-state index in [0.29, 0.717) is 28.5 Å². The molecular formula is C21H17N3O4S. The molecule has 8 heteroatoms. The van der Waals surface area contributed by atoms with E-state index in [-0.39, 0.29) is 5.91 Å². The molecule has 1 aliphatic rings. The summed E-state index contributed by atoms with van der Waals surface area (Å²) in [7, 11) is 0. The summed E-state index contributed by atoms with van der Waals surface area (Å²) in [5.74, 6) is -1.04. The van der Waals surface area contributed by atoms with Crippen LogP contribution in [-0.4, -0.2) is 28.9 Å². The van der Waals surface area contributed by atoms with Crippen molar-refractivity contribution in [3.8, 4) is 11.3 Å². The molecule has 0 aliphatic carbocycles. The molecule has 4 rings (SSSR count). The lowest BCUT2D eigenvalue weighted by Gasteiger charge is -2.23. The Bertz CT molecular complexity index is 1090. The third-order valence-electron chi connectivity index (χ3n) is 4.42. The molecule has 29 heavy (non-hydrogen) atoms. The molecule has 0 spiro atoms. The van der Waals surface area contributed by atoms with Gasteiger partial charge < -0.3 is 10.1 Å². The number of nitrogens with zero attached hydrogens (tertiary/aromatic N) is 1. The molecule has 2 heterocycles. The Morgan fingerprint density at radius 1 is 1.10 bits per heavy atom. The van der Waals surface area contributed by atoms with E-state index in [1.54, 1.807) is 24.3 Å². The molecule has 2 aromatic carbocycles. The van der Waals surface area contributed by atoms with Crippen molar-refractivity contribution < 1.29 is 19.1 Å². The van der Waals surface area contributed by atoms with Crippen molar-refractivity contribution in [2.24, 2.45) is 0 Å². The van der Waals surface area contributed by atoms with Crippen LogP contribution in [0.5, 0.6) is 0 Å². The van der Waals surface area contributed by atoms with Crippen molar-refractivity contribution in [1.29, 1.82) is 0 Å². The van der Waals surface area contributed by atoms with Crippen LogP contribution in [0.25, 0.3) is 11.3 Å². The maximum absolute atomic E-state index is 12.6. The average molecular weight is 407 g/mol. The third kappa shape index (κ3) is 4.17. The van der Waals surface area contributed by atoms with E-state index in [4.69, 9.17) is 4.74 Å².